The second kappa shape index (κ2) is 7.41. The molecular weight excluding hydrogens is 340 g/mol. The van der Waals surface area contributed by atoms with E-state index in [0.717, 1.165) is 22.5 Å². The Morgan fingerprint density at radius 2 is 1.96 bits per heavy atom. The second-order valence-electron chi connectivity index (χ2n) is 6.42. The standard InChI is InChI=1S/C20H20N6O/c1-14(17-12-22-26(2)13-17)23-18-9-8-16(11-21-18)20-24-19(25-27-20)10-15-6-4-3-5-7-15/h3-9,11-14H,10H2,1-2H3,(H,21,23)/t14-/m0/s1. The van der Waals surface area contributed by atoms with Crippen LogP contribution >= 0.6 is 0 Å². The van der Waals surface area contributed by atoms with Crippen LogP contribution < -0.4 is 5.32 Å². The number of aromatic nitrogens is 5. The van der Waals surface area contributed by atoms with E-state index in [1.165, 1.54) is 0 Å². The Morgan fingerprint density at radius 3 is 2.67 bits per heavy atom. The molecule has 3 aromatic heterocycles. The van der Waals surface area contributed by atoms with E-state index < -0.39 is 0 Å². The normalized spacial score (nSPS) is 12.1. The van der Waals surface area contributed by atoms with Crippen LogP contribution in [0.5, 0.6) is 0 Å². The molecular formula is C20H20N6O. The summed E-state index contributed by atoms with van der Waals surface area (Å²) in [5.74, 6) is 1.91. The Hall–Kier alpha value is -3.48. The van der Waals surface area contributed by atoms with E-state index in [0.29, 0.717) is 18.1 Å². The molecule has 0 amide bonds. The molecule has 3 heterocycles. The molecule has 4 aromatic rings. The molecule has 0 spiro atoms. The van der Waals surface area contributed by atoms with E-state index in [1.807, 2.05) is 61.9 Å². The summed E-state index contributed by atoms with van der Waals surface area (Å²) in [6, 6.07) is 14.0. The lowest BCUT2D eigenvalue weighted by Gasteiger charge is -2.12. The van der Waals surface area contributed by atoms with E-state index in [4.69, 9.17) is 4.52 Å². The molecule has 0 saturated carbocycles. The maximum atomic E-state index is 5.38. The monoisotopic (exact) mass is 360 g/mol. The van der Waals surface area contributed by atoms with Crippen LogP contribution in [0.1, 0.15) is 29.9 Å². The number of nitrogens with zero attached hydrogens (tertiary/aromatic N) is 5. The largest absolute Gasteiger partial charge is 0.363 e. The van der Waals surface area contributed by atoms with Gasteiger partial charge >= 0.3 is 0 Å². The van der Waals surface area contributed by atoms with Crippen molar-refractivity contribution in [3.05, 3.63) is 78.0 Å². The van der Waals surface area contributed by atoms with Crippen molar-refractivity contribution < 1.29 is 4.52 Å². The Labute approximate surface area is 157 Å². The van der Waals surface area contributed by atoms with Crippen molar-refractivity contribution in [2.24, 2.45) is 7.05 Å². The Balaban J connectivity index is 1.43. The van der Waals surface area contributed by atoms with Crippen LogP contribution in [0, 0.1) is 0 Å². The molecule has 0 bridgehead atoms. The number of rotatable bonds is 6. The fraction of sp³-hybridized carbons (Fsp3) is 0.200. The third-order valence-electron chi connectivity index (χ3n) is 4.27. The zero-order chi connectivity index (χ0) is 18.6. The van der Waals surface area contributed by atoms with Crippen molar-refractivity contribution in [3.8, 4) is 11.5 Å². The Morgan fingerprint density at radius 1 is 1.11 bits per heavy atom. The first-order valence-corrected chi connectivity index (χ1v) is 8.75. The topological polar surface area (TPSA) is 81.7 Å². The first kappa shape index (κ1) is 17.0. The first-order chi connectivity index (χ1) is 13.2. The zero-order valence-corrected chi connectivity index (χ0v) is 15.2. The van der Waals surface area contributed by atoms with Gasteiger partial charge < -0.3 is 9.84 Å². The van der Waals surface area contributed by atoms with Crippen molar-refractivity contribution in [1.82, 2.24) is 24.9 Å². The van der Waals surface area contributed by atoms with Gasteiger partial charge in [0.1, 0.15) is 5.82 Å². The van der Waals surface area contributed by atoms with Crippen LogP contribution in [0.3, 0.4) is 0 Å². The molecule has 0 saturated heterocycles. The average Bonchev–Trinajstić information content (AvgIpc) is 3.32. The lowest BCUT2D eigenvalue weighted by molar-refractivity contribution is 0.424. The molecule has 0 unspecified atom stereocenters. The van der Waals surface area contributed by atoms with Crippen molar-refractivity contribution in [1.29, 1.82) is 0 Å². The van der Waals surface area contributed by atoms with Crippen LogP contribution in [-0.4, -0.2) is 24.9 Å². The first-order valence-electron chi connectivity index (χ1n) is 8.75. The fourth-order valence-corrected chi connectivity index (χ4v) is 2.80. The number of hydrogen-bond acceptors (Lipinski definition) is 6. The van der Waals surface area contributed by atoms with Gasteiger partial charge in [-0.15, -0.1) is 0 Å². The van der Waals surface area contributed by atoms with Crippen LogP contribution in [0.2, 0.25) is 0 Å². The average molecular weight is 360 g/mol. The highest BCUT2D eigenvalue weighted by Gasteiger charge is 2.11. The third kappa shape index (κ3) is 4.03. The van der Waals surface area contributed by atoms with Crippen LogP contribution in [0.15, 0.2) is 65.6 Å². The van der Waals surface area contributed by atoms with E-state index >= 15 is 0 Å². The van der Waals surface area contributed by atoms with Gasteiger partial charge in [-0.05, 0) is 24.6 Å². The summed E-state index contributed by atoms with van der Waals surface area (Å²) < 4.78 is 7.17. The summed E-state index contributed by atoms with van der Waals surface area (Å²) in [6.07, 6.45) is 6.20. The van der Waals surface area contributed by atoms with E-state index in [-0.39, 0.29) is 6.04 Å². The van der Waals surface area contributed by atoms with Gasteiger partial charge in [-0.25, -0.2) is 4.98 Å². The highest BCUT2D eigenvalue weighted by molar-refractivity contribution is 5.54. The number of nitrogens with one attached hydrogen (secondary N) is 1. The highest BCUT2D eigenvalue weighted by atomic mass is 16.5. The summed E-state index contributed by atoms with van der Waals surface area (Å²) in [4.78, 5) is 8.92. The highest BCUT2D eigenvalue weighted by Crippen LogP contribution is 2.21. The maximum absolute atomic E-state index is 5.38. The SMILES string of the molecule is C[C@H](Nc1ccc(-c2nc(Cc3ccccc3)no2)cn1)c1cnn(C)c1. The number of benzene rings is 1. The second-order valence-corrected chi connectivity index (χ2v) is 6.42. The maximum Gasteiger partial charge on any atom is 0.259 e. The van der Waals surface area contributed by atoms with Gasteiger partial charge in [-0.2, -0.15) is 10.1 Å². The molecule has 0 aliphatic rings. The van der Waals surface area contributed by atoms with Crippen LogP contribution in [0.4, 0.5) is 5.82 Å². The summed E-state index contributed by atoms with van der Waals surface area (Å²) >= 11 is 0. The molecule has 7 nitrogen and oxygen atoms in total. The van der Waals surface area contributed by atoms with E-state index in [2.05, 4.69) is 32.5 Å². The number of hydrogen-bond donors (Lipinski definition) is 1. The summed E-state index contributed by atoms with van der Waals surface area (Å²) in [5, 5.41) is 11.6. The quantitative estimate of drug-likeness (QED) is 0.565. The molecule has 1 atom stereocenters. The van der Waals surface area contributed by atoms with Gasteiger partial charge in [0.05, 0.1) is 17.8 Å². The molecule has 0 aliphatic carbocycles. The smallest absolute Gasteiger partial charge is 0.259 e. The van der Waals surface area contributed by atoms with Gasteiger partial charge in [0.2, 0.25) is 0 Å². The Bertz CT molecular complexity index is 1010. The van der Waals surface area contributed by atoms with Crippen molar-refractivity contribution in [3.63, 3.8) is 0 Å². The third-order valence-corrected chi connectivity index (χ3v) is 4.27. The molecule has 0 fully saturated rings. The fourth-order valence-electron chi connectivity index (χ4n) is 2.80. The van der Waals surface area contributed by atoms with Crippen molar-refractivity contribution in [2.45, 2.75) is 19.4 Å². The van der Waals surface area contributed by atoms with E-state index in [9.17, 15) is 0 Å². The molecule has 1 N–H and O–H groups in total. The molecule has 0 radical (unpaired) electrons. The van der Waals surface area contributed by atoms with Crippen LogP contribution in [0.25, 0.3) is 11.5 Å². The van der Waals surface area contributed by atoms with Gasteiger partial charge in [-0.3, -0.25) is 4.68 Å². The minimum absolute atomic E-state index is 0.109. The minimum Gasteiger partial charge on any atom is -0.363 e. The molecule has 7 heteroatoms. The lowest BCUT2D eigenvalue weighted by Crippen LogP contribution is -2.07. The van der Waals surface area contributed by atoms with E-state index in [1.54, 1.807) is 10.9 Å². The van der Waals surface area contributed by atoms with Crippen molar-refractivity contribution >= 4 is 5.82 Å². The summed E-state index contributed by atoms with van der Waals surface area (Å²) in [5.41, 5.74) is 3.04. The Kier molecular flexibility index (Phi) is 4.65. The summed E-state index contributed by atoms with van der Waals surface area (Å²) in [7, 11) is 1.90. The van der Waals surface area contributed by atoms with Gasteiger partial charge in [0.15, 0.2) is 5.82 Å². The van der Waals surface area contributed by atoms with Crippen LogP contribution in [-0.2, 0) is 13.5 Å². The number of anilines is 1. The molecule has 4 rings (SSSR count). The predicted molar refractivity (Wildman–Crippen MR) is 102 cm³/mol. The summed E-state index contributed by atoms with van der Waals surface area (Å²) in [6.45, 7) is 2.07. The molecule has 1 aromatic carbocycles. The van der Waals surface area contributed by atoms with Gasteiger partial charge in [0.25, 0.3) is 5.89 Å². The molecule has 0 aliphatic heterocycles. The van der Waals surface area contributed by atoms with Crippen molar-refractivity contribution in [2.75, 3.05) is 5.32 Å². The minimum atomic E-state index is 0.109. The van der Waals surface area contributed by atoms with Gasteiger partial charge in [-0.1, -0.05) is 35.5 Å². The zero-order valence-electron chi connectivity index (χ0n) is 15.2. The lowest BCUT2D eigenvalue weighted by atomic mass is 10.1. The number of aryl methyl sites for hydroxylation is 1. The number of pyridine rings is 1. The molecule has 27 heavy (non-hydrogen) atoms. The van der Waals surface area contributed by atoms with Gasteiger partial charge in [0, 0.05) is 31.4 Å². The predicted octanol–water partition coefficient (Wildman–Crippen LogP) is 3.63. The molecule has 136 valence electrons.